The molecular formula is C17H19NO2. The van der Waals surface area contributed by atoms with Crippen molar-refractivity contribution < 1.29 is 9.53 Å². The largest absolute Gasteiger partial charge is 0.487 e. The Hall–Kier alpha value is -2.03. The van der Waals surface area contributed by atoms with Crippen molar-refractivity contribution >= 4 is 16.7 Å². The van der Waals surface area contributed by atoms with E-state index in [0.29, 0.717) is 6.54 Å². The van der Waals surface area contributed by atoms with E-state index in [9.17, 15) is 4.79 Å². The summed E-state index contributed by atoms with van der Waals surface area (Å²) in [5, 5.41) is 5.37. The maximum absolute atomic E-state index is 11.0. The SMILES string of the molecule is CC(=O)NCCC1(C)Cc2c(ccc3ccccc23)O1. The van der Waals surface area contributed by atoms with Crippen LogP contribution in [0.4, 0.5) is 0 Å². The number of ether oxygens (including phenoxy) is 1. The number of nitrogens with one attached hydrogen (secondary N) is 1. The molecule has 1 atom stereocenters. The van der Waals surface area contributed by atoms with Crippen molar-refractivity contribution in [1.29, 1.82) is 0 Å². The maximum atomic E-state index is 11.0. The predicted molar refractivity (Wildman–Crippen MR) is 80.0 cm³/mol. The molecule has 20 heavy (non-hydrogen) atoms. The van der Waals surface area contributed by atoms with E-state index in [1.54, 1.807) is 6.92 Å². The van der Waals surface area contributed by atoms with Crippen LogP contribution >= 0.6 is 0 Å². The van der Waals surface area contributed by atoms with E-state index in [2.05, 4.69) is 48.6 Å². The minimum absolute atomic E-state index is 0.00885. The van der Waals surface area contributed by atoms with Crippen LogP contribution in [0.15, 0.2) is 36.4 Å². The summed E-state index contributed by atoms with van der Waals surface area (Å²) < 4.78 is 6.13. The second-order valence-electron chi connectivity index (χ2n) is 5.73. The average molecular weight is 269 g/mol. The van der Waals surface area contributed by atoms with Gasteiger partial charge in [-0.15, -0.1) is 0 Å². The third-order valence-electron chi connectivity index (χ3n) is 3.93. The molecule has 0 aromatic heterocycles. The van der Waals surface area contributed by atoms with Crippen molar-refractivity contribution in [3.63, 3.8) is 0 Å². The van der Waals surface area contributed by atoms with Gasteiger partial charge in [0.15, 0.2) is 0 Å². The van der Waals surface area contributed by atoms with Crippen molar-refractivity contribution in [1.82, 2.24) is 5.32 Å². The summed E-state index contributed by atoms with van der Waals surface area (Å²) in [6, 6.07) is 12.6. The molecule has 1 unspecified atom stereocenters. The molecule has 3 nitrogen and oxygen atoms in total. The molecule has 1 aliphatic rings. The normalized spacial score (nSPS) is 20.5. The van der Waals surface area contributed by atoms with Crippen LogP contribution in [0, 0.1) is 0 Å². The van der Waals surface area contributed by atoms with Gasteiger partial charge >= 0.3 is 0 Å². The second kappa shape index (κ2) is 4.82. The van der Waals surface area contributed by atoms with Gasteiger partial charge in [-0.3, -0.25) is 4.79 Å². The van der Waals surface area contributed by atoms with Crippen LogP contribution in [-0.2, 0) is 11.2 Å². The highest BCUT2D eigenvalue weighted by Gasteiger charge is 2.35. The number of amides is 1. The quantitative estimate of drug-likeness (QED) is 0.930. The van der Waals surface area contributed by atoms with Crippen LogP contribution in [0.25, 0.3) is 10.8 Å². The second-order valence-corrected chi connectivity index (χ2v) is 5.73. The fourth-order valence-electron chi connectivity index (χ4n) is 2.91. The molecule has 3 rings (SSSR count). The van der Waals surface area contributed by atoms with Crippen LogP contribution in [0.3, 0.4) is 0 Å². The molecule has 1 N–H and O–H groups in total. The highest BCUT2D eigenvalue weighted by molar-refractivity contribution is 5.88. The van der Waals surface area contributed by atoms with Gasteiger partial charge in [-0.05, 0) is 23.8 Å². The van der Waals surface area contributed by atoms with E-state index in [1.807, 2.05) is 0 Å². The van der Waals surface area contributed by atoms with Crippen LogP contribution in [-0.4, -0.2) is 18.1 Å². The minimum Gasteiger partial charge on any atom is -0.487 e. The molecule has 1 aliphatic heterocycles. The molecule has 2 aromatic rings. The van der Waals surface area contributed by atoms with Crippen LogP contribution < -0.4 is 10.1 Å². The Morgan fingerprint density at radius 1 is 1.30 bits per heavy atom. The minimum atomic E-state index is -0.227. The van der Waals surface area contributed by atoms with E-state index in [-0.39, 0.29) is 11.5 Å². The van der Waals surface area contributed by atoms with Gasteiger partial charge in [-0.2, -0.15) is 0 Å². The Balaban J connectivity index is 1.84. The zero-order valence-electron chi connectivity index (χ0n) is 11.9. The third kappa shape index (κ3) is 2.36. The molecule has 0 spiro atoms. The molecule has 0 bridgehead atoms. The summed E-state index contributed by atoms with van der Waals surface area (Å²) in [7, 11) is 0. The molecule has 0 aliphatic carbocycles. The molecule has 0 radical (unpaired) electrons. The molecule has 104 valence electrons. The summed E-state index contributed by atoms with van der Waals surface area (Å²) in [5.41, 5.74) is 1.06. The van der Waals surface area contributed by atoms with Gasteiger partial charge in [0, 0.05) is 31.9 Å². The number of hydrogen-bond donors (Lipinski definition) is 1. The van der Waals surface area contributed by atoms with Crippen molar-refractivity contribution in [2.75, 3.05) is 6.54 Å². The monoisotopic (exact) mass is 269 g/mol. The third-order valence-corrected chi connectivity index (χ3v) is 3.93. The lowest BCUT2D eigenvalue weighted by atomic mass is 9.93. The summed E-state index contributed by atoms with van der Waals surface area (Å²) in [5.74, 6) is 0.989. The number of fused-ring (bicyclic) bond motifs is 3. The average Bonchev–Trinajstić information content (AvgIpc) is 2.75. The molecule has 1 heterocycles. The summed E-state index contributed by atoms with van der Waals surface area (Å²) >= 11 is 0. The van der Waals surface area contributed by atoms with Crippen molar-refractivity contribution in [3.05, 3.63) is 42.0 Å². The first-order valence-corrected chi connectivity index (χ1v) is 7.01. The zero-order valence-corrected chi connectivity index (χ0v) is 11.9. The van der Waals surface area contributed by atoms with E-state index < -0.39 is 0 Å². The molecule has 0 fully saturated rings. The molecule has 0 saturated heterocycles. The molecule has 2 aromatic carbocycles. The Kier molecular flexibility index (Phi) is 3.13. The number of hydrogen-bond acceptors (Lipinski definition) is 2. The van der Waals surface area contributed by atoms with Gasteiger partial charge in [0.2, 0.25) is 5.91 Å². The van der Waals surface area contributed by atoms with Crippen molar-refractivity contribution in [2.24, 2.45) is 0 Å². The van der Waals surface area contributed by atoms with Gasteiger partial charge in [0.25, 0.3) is 0 Å². The Morgan fingerprint density at radius 3 is 2.90 bits per heavy atom. The van der Waals surface area contributed by atoms with Gasteiger partial charge in [0.1, 0.15) is 11.4 Å². The van der Waals surface area contributed by atoms with Gasteiger partial charge in [0.05, 0.1) is 0 Å². The van der Waals surface area contributed by atoms with E-state index >= 15 is 0 Å². The summed E-state index contributed by atoms with van der Waals surface area (Å²) in [6.07, 6.45) is 1.71. The van der Waals surface area contributed by atoms with Gasteiger partial charge < -0.3 is 10.1 Å². The molecule has 0 saturated carbocycles. The number of carbonyl (C=O) groups excluding carboxylic acids is 1. The number of benzene rings is 2. The predicted octanol–water partition coefficient (Wildman–Crippen LogP) is 3.06. The first-order chi connectivity index (χ1) is 9.57. The molecule has 3 heteroatoms. The highest BCUT2D eigenvalue weighted by atomic mass is 16.5. The van der Waals surface area contributed by atoms with Crippen LogP contribution in [0.5, 0.6) is 5.75 Å². The Labute approximate surface area is 118 Å². The van der Waals surface area contributed by atoms with Gasteiger partial charge in [-0.25, -0.2) is 0 Å². The highest BCUT2D eigenvalue weighted by Crippen LogP contribution is 2.40. The van der Waals surface area contributed by atoms with Crippen LogP contribution in [0.2, 0.25) is 0 Å². The first kappa shape index (κ1) is 13.0. The topological polar surface area (TPSA) is 38.3 Å². The number of rotatable bonds is 3. The first-order valence-electron chi connectivity index (χ1n) is 7.01. The van der Waals surface area contributed by atoms with E-state index in [4.69, 9.17) is 4.74 Å². The number of carbonyl (C=O) groups is 1. The van der Waals surface area contributed by atoms with Crippen LogP contribution in [0.1, 0.15) is 25.8 Å². The van der Waals surface area contributed by atoms with E-state index in [0.717, 1.165) is 18.6 Å². The van der Waals surface area contributed by atoms with E-state index in [1.165, 1.54) is 16.3 Å². The summed E-state index contributed by atoms with van der Waals surface area (Å²) in [6.45, 7) is 4.31. The lowest BCUT2D eigenvalue weighted by Crippen LogP contribution is -2.35. The van der Waals surface area contributed by atoms with Crippen molar-refractivity contribution in [3.8, 4) is 5.75 Å². The lowest BCUT2D eigenvalue weighted by molar-refractivity contribution is -0.119. The Bertz CT molecular complexity index is 665. The molecular weight excluding hydrogens is 250 g/mol. The Morgan fingerprint density at radius 2 is 2.10 bits per heavy atom. The van der Waals surface area contributed by atoms with Gasteiger partial charge in [-0.1, -0.05) is 30.3 Å². The van der Waals surface area contributed by atoms with Crippen molar-refractivity contribution in [2.45, 2.75) is 32.3 Å². The lowest BCUT2D eigenvalue weighted by Gasteiger charge is -2.23. The smallest absolute Gasteiger partial charge is 0.216 e. The maximum Gasteiger partial charge on any atom is 0.216 e. The fraction of sp³-hybridized carbons (Fsp3) is 0.353. The molecule has 1 amide bonds. The fourth-order valence-corrected chi connectivity index (χ4v) is 2.91. The standard InChI is InChI=1S/C17H19NO2/c1-12(19)18-10-9-17(2)11-15-14-6-4-3-5-13(14)7-8-16(15)20-17/h3-8H,9-11H2,1-2H3,(H,18,19). The summed E-state index contributed by atoms with van der Waals surface area (Å²) in [4.78, 5) is 11.0. The zero-order chi connectivity index (χ0) is 14.2.